The van der Waals surface area contributed by atoms with Crippen molar-refractivity contribution in [2.45, 2.75) is 0 Å². The van der Waals surface area contributed by atoms with Gasteiger partial charge in [-0.15, -0.1) is 0 Å². The molecule has 0 spiro atoms. The van der Waals surface area contributed by atoms with Crippen LogP contribution in [-0.4, -0.2) is 26.0 Å². The van der Waals surface area contributed by atoms with Crippen molar-refractivity contribution in [3.63, 3.8) is 0 Å². The topological polar surface area (TPSA) is 38.3 Å². The molecule has 0 aromatic heterocycles. The van der Waals surface area contributed by atoms with Crippen molar-refractivity contribution < 1.29 is 9.53 Å². The number of carbonyl (C=O) groups excluding carboxylic acids is 1. The molecule has 0 radical (unpaired) electrons. The van der Waals surface area contributed by atoms with Crippen molar-refractivity contribution in [2.24, 2.45) is 5.92 Å². The molecule has 1 aliphatic heterocycles. The van der Waals surface area contributed by atoms with Gasteiger partial charge in [-0.3, -0.25) is 4.79 Å². The van der Waals surface area contributed by atoms with Crippen LogP contribution in [0.4, 0.5) is 0 Å². The first kappa shape index (κ1) is 10.5. The predicted molar refractivity (Wildman–Crippen MR) is 58.7 cm³/mol. The summed E-state index contributed by atoms with van der Waals surface area (Å²) in [6.07, 6.45) is 0. The van der Waals surface area contributed by atoms with E-state index in [9.17, 15) is 4.79 Å². The highest BCUT2D eigenvalue weighted by molar-refractivity contribution is 6.31. The van der Waals surface area contributed by atoms with Gasteiger partial charge < -0.3 is 10.1 Å². The Bertz CT molecular complexity index is 388. The van der Waals surface area contributed by atoms with Crippen LogP contribution >= 0.6 is 11.6 Å². The zero-order valence-electron chi connectivity index (χ0n) is 8.42. The average molecular weight is 226 g/mol. The van der Waals surface area contributed by atoms with E-state index in [2.05, 4.69) is 5.32 Å². The van der Waals surface area contributed by atoms with Gasteiger partial charge in [0.1, 0.15) is 5.75 Å². The van der Waals surface area contributed by atoms with Crippen LogP contribution in [0.15, 0.2) is 18.2 Å². The monoisotopic (exact) mass is 225 g/mol. The van der Waals surface area contributed by atoms with Crippen molar-refractivity contribution in [3.8, 4) is 5.75 Å². The summed E-state index contributed by atoms with van der Waals surface area (Å²) in [7, 11) is 1.55. The van der Waals surface area contributed by atoms with Crippen molar-refractivity contribution in [1.29, 1.82) is 0 Å². The number of rotatable bonds is 3. The molecule has 2 rings (SSSR count). The van der Waals surface area contributed by atoms with Crippen LogP contribution in [0.5, 0.6) is 5.75 Å². The summed E-state index contributed by atoms with van der Waals surface area (Å²) in [6, 6.07) is 5.11. The van der Waals surface area contributed by atoms with E-state index in [0.29, 0.717) is 16.3 Å². The smallest absolute Gasteiger partial charge is 0.172 e. The van der Waals surface area contributed by atoms with Crippen LogP contribution in [-0.2, 0) is 0 Å². The lowest BCUT2D eigenvalue weighted by atomic mass is 9.92. The molecule has 3 nitrogen and oxygen atoms in total. The van der Waals surface area contributed by atoms with Crippen molar-refractivity contribution >= 4 is 17.4 Å². The Balaban J connectivity index is 2.31. The summed E-state index contributed by atoms with van der Waals surface area (Å²) >= 11 is 5.86. The van der Waals surface area contributed by atoms with E-state index in [0.717, 1.165) is 13.1 Å². The van der Waals surface area contributed by atoms with E-state index < -0.39 is 0 Å². The summed E-state index contributed by atoms with van der Waals surface area (Å²) in [5.41, 5.74) is 0.580. The number of hydrogen-bond acceptors (Lipinski definition) is 3. The highest BCUT2D eigenvalue weighted by Crippen LogP contribution is 2.26. The number of hydrogen-bond donors (Lipinski definition) is 1. The second-order valence-corrected chi connectivity index (χ2v) is 4.00. The summed E-state index contributed by atoms with van der Waals surface area (Å²) in [5, 5.41) is 3.63. The molecule has 4 heteroatoms. The number of methoxy groups -OCH3 is 1. The number of nitrogens with one attached hydrogen (secondary N) is 1. The fourth-order valence-electron chi connectivity index (χ4n) is 1.57. The van der Waals surface area contributed by atoms with Crippen LogP contribution in [0.1, 0.15) is 10.4 Å². The minimum atomic E-state index is 0.0670. The lowest BCUT2D eigenvalue weighted by molar-refractivity contribution is 0.0875. The van der Waals surface area contributed by atoms with Gasteiger partial charge in [0, 0.05) is 24.0 Å². The molecule has 0 unspecified atom stereocenters. The fraction of sp³-hybridized carbons (Fsp3) is 0.364. The molecular weight excluding hydrogens is 214 g/mol. The molecule has 0 bridgehead atoms. The van der Waals surface area contributed by atoms with Gasteiger partial charge in [0.25, 0.3) is 0 Å². The molecule has 1 aromatic carbocycles. The summed E-state index contributed by atoms with van der Waals surface area (Å²) in [6.45, 7) is 1.49. The second-order valence-electron chi connectivity index (χ2n) is 3.56. The molecule has 0 atom stereocenters. The molecule has 0 aliphatic carbocycles. The molecular formula is C11H12ClNO2. The number of carbonyl (C=O) groups is 1. The number of ketones is 1. The molecule has 15 heavy (non-hydrogen) atoms. The maximum atomic E-state index is 12.0. The van der Waals surface area contributed by atoms with Gasteiger partial charge >= 0.3 is 0 Å². The van der Waals surface area contributed by atoms with E-state index >= 15 is 0 Å². The van der Waals surface area contributed by atoms with E-state index in [1.807, 2.05) is 0 Å². The van der Waals surface area contributed by atoms with Gasteiger partial charge in [-0.1, -0.05) is 11.6 Å². The van der Waals surface area contributed by atoms with Crippen molar-refractivity contribution in [1.82, 2.24) is 5.32 Å². The quantitative estimate of drug-likeness (QED) is 0.797. The summed E-state index contributed by atoms with van der Waals surface area (Å²) in [4.78, 5) is 12.0. The van der Waals surface area contributed by atoms with E-state index in [-0.39, 0.29) is 11.7 Å². The molecule has 1 saturated heterocycles. The van der Waals surface area contributed by atoms with Crippen LogP contribution in [0.25, 0.3) is 0 Å². The Hall–Kier alpha value is -1.06. The number of ether oxygens (including phenoxy) is 1. The SMILES string of the molecule is COc1ccc(Cl)cc1C(=O)C1CNC1. The third kappa shape index (κ3) is 1.98. The highest BCUT2D eigenvalue weighted by atomic mass is 35.5. The second kappa shape index (κ2) is 4.21. The van der Waals surface area contributed by atoms with Gasteiger partial charge in [0.05, 0.1) is 12.7 Å². The number of halogens is 1. The lowest BCUT2D eigenvalue weighted by Gasteiger charge is -2.26. The maximum Gasteiger partial charge on any atom is 0.172 e. The summed E-state index contributed by atoms with van der Waals surface area (Å²) in [5.74, 6) is 0.766. The Morgan fingerprint density at radius 3 is 2.80 bits per heavy atom. The Morgan fingerprint density at radius 2 is 2.27 bits per heavy atom. The van der Waals surface area contributed by atoms with E-state index in [1.165, 1.54) is 0 Å². The normalized spacial score (nSPS) is 15.9. The van der Waals surface area contributed by atoms with Crippen LogP contribution in [0, 0.1) is 5.92 Å². The third-order valence-corrected chi connectivity index (χ3v) is 2.81. The Morgan fingerprint density at radius 1 is 1.53 bits per heavy atom. The van der Waals surface area contributed by atoms with Gasteiger partial charge in [-0.25, -0.2) is 0 Å². The lowest BCUT2D eigenvalue weighted by Crippen LogP contribution is -2.46. The van der Waals surface area contributed by atoms with Crippen LogP contribution < -0.4 is 10.1 Å². The number of Topliss-reactive ketones (excluding diaryl/α,β-unsaturated/α-hetero) is 1. The van der Waals surface area contributed by atoms with E-state index in [4.69, 9.17) is 16.3 Å². The zero-order chi connectivity index (χ0) is 10.8. The number of benzene rings is 1. The first-order valence-corrected chi connectivity index (χ1v) is 5.18. The minimum Gasteiger partial charge on any atom is -0.496 e. The standard InChI is InChI=1S/C11H12ClNO2/c1-15-10-3-2-8(12)4-9(10)11(14)7-5-13-6-7/h2-4,7,13H,5-6H2,1H3. The third-order valence-electron chi connectivity index (χ3n) is 2.58. The largest absolute Gasteiger partial charge is 0.496 e. The van der Waals surface area contributed by atoms with Gasteiger partial charge in [0.15, 0.2) is 5.78 Å². The van der Waals surface area contributed by atoms with Gasteiger partial charge in [0.2, 0.25) is 0 Å². The summed E-state index contributed by atoms with van der Waals surface area (Å²) < 4.78 is 5.14. The predicted octanol–water partition coefficient (Wildman–Crippen LogP) is 1.75. The first-order valence-electron chi connectivity index (χ1n) is 4.81. The average Bonchev–Trinajstić information content (AvgIpc) is 2.15. The fourth-order valence-corrected chi connectivity index (χ4v) is 1.74. The van der Waals surface area contributed by atoms with Crippen molar-refractivity contribution in [3.05, 3.63) is 28.8 Å². The molecule has 0 amide bonds. The molecule has 1 aromatic rings. The molecule has 80 valence electrons. The Labute approximate surface area is 93.4 Å². The maximum absolute atomic E-state index is 12.0. The van der Waals surface area contributed by atoms with Crippen LogP contribution in [0.3, 0.4) is 0 Å². The van der Waals surface area contributed by atoms with Gasteiger partial charge in [-0.2, -0.15) is 0 Å². The molecule has 1 N–H and O–H groups in total. The zero-order valence-corrected chi connectivity index (χ0v) is 9.17. The minimum absolute atomic E-state index is 0.0670. The van der Waals surface area contributed by atoms with E-state index in [1.54, 1.807) is 25.3 Å². The molecule has 1 heterocycles. The molecule has 1 aliphatic rings. The van der Waals surface area contributed by atoms with Gasteiger partial charge in [-0.05, 0) is 18.2 Å². The Kier molecular flexibility index (Phi) is 2.93. The van der Waals surface area contributed by atoms with Crippen molar-refractivity contribution in [2.75, 3.05) is 20.2 Å². The molecule has 1 fully saturated rings. The van der Waals surface area contributed by atoms with Crippen LogP contribution in [0.2, 0.25) is 5.02 Å². The highest BCUT2D eigenvalue weighted by Gasteiger charge is 2.27. The first-order chi connectivity index (χ1) is 7.22. The molecule has 0 saturated carbocycles.